The number of aldehydes is 1. The van der Waals surface area contributed by atoms with Crippen molar-refractivity contribution in [2.75, 3.05) is 0 Å². The first-order valence-corrected chi connectivity index (χ1v) is 8.22. The van der Waals surface area contributed by atoms with Gasteiger partial charge in [-0.2, -0.15) is 0 Å². The summed E-state index contributed by atoms with van der Waals surface area (Å²) in [7, 11) is 0. The molecule has 2 rings (SSSR count). The van der Waals surface area contributed by atoms with Crippen molar-refractivity contribution in [3.8, 4) is 5.75 Å². The molecule has 2 nitrogen and oxygen atoms in total. The van der Waals surface area contributed by atoms with Crippen LogP contribution in [0.25, 0.3) is 0 Å². The Hall–Kier alpha value is -0.830. The van der Waals surface area contributed by atoms with Gasteiger partial charge in [0.05, 0.1) is 4.47 Å². The predicted molar refractivity (Wildman–Crippen MR) is 85.3 cm³/mol. The third-order valence-corrected chi connectivity index (χ3v) is 4.95. The molecule has 3 atom stereocenters. The normalized spacial score (nSPS) is 26.6. The van der Waals surface area contributed by atoms with Crippen LogP contribution in [0.3, 0.4) is 0 Å². The van der Waals surface area contributed by atoms with Crippen LogP contribution in [-0.4, -0.2) is 12.4 Å². The number of rotatable bonds is 4. The molecule has 0 saturated heterocycles. The largest absolute Gasteiger partial charge is 0.489 e. The molecule has 1 aliphatic carbocycles. The van der Waals surface area contributed by atoms with E-state index in [9.17, 15) is 4.79 Å². The van der Waals surface area contributed by atoms with Crippen molar-refractivity contribution >= 4 is 22.2 Å². The second-order valence-corrected chi connectivity index (χ2v) is 7.14. The topological polar surface area (TPSA) is 26.3 Å². The van der Waals surface area contributed by atoms with Crippen molar-refractivity contribution in [3.63, 3.8) is 0 Å². The van der Waals surface area contributed by atoms with Crippen LogP contribution in [0.2, 0.25) is 0 Å². The van der Waals surface area contributed by atoms with Gasteiger partial charge < -0.3 is 4.74 Å². The fourth-order valence-corrected chi connectivity index (χ4v) is 3.59. The van der Waals surface area contributed by atoms with E-state index in [1.807, 2.05) is 18.2 Å². The number of carbonyl (C=O) groups excluding carboxylic acids is 1. The molecule has 3 heteroatoms. The van der Waals surface area contributed by atoms with Crippen LogP contribution in [0, 0.1) is 17.8 Å². The minimum absolute atomic E-state index is 0.275. The third-order valence-electron chi connectivity index (χ3n) is 4.33. The predicted octanol–water partition coefficient (Wildman–Crippen LogP) is 5.10. The first-order chi connectivity index (χ1) is 9.51. The van der Waals surface area contributed by atoms with Gasteiger partial charge in [0.2, 0.25) is 0 Å². The van der Waals surface area contributed by atoms with Gasteiger partial charge in [-0.05, 0) is 64.7 Å². The Balaban J connectivity index is 2.15. The highest BCUT2D eigenvalue weighted by Gasteiger charge is 2.32. The number of halogens is 1. The average Bonchev–Trinajstić information content (AvgIpc) is 2.40. The van der Waals surface area contributed by atoms with Gasteiger partial charge >= 0.3 is 0 Å². The van der Waals surface area contributed by atoms with Crippen molar-refractivity contribution in [1.29, 1.82) is 0 Å². The molecule has 0 N–H and O–H groups in total. The summed E-state index contributed by atoms with van der Waals surface area (Å²) in [4.78, 5) is 10.8. The summed E-state index contributed by atoms with van der Waals surface area (Å²) in [5.74, 6) is 2.83. The van der Waals surface area contributed by atoms with E-state index in [1.165, 1.54) is 12.8 Å². The van der Waals surface area contributed by atoms with Crippen molar-refractivity contribution < 1.29 is 9.53 Å². The van der Waals surface area contributed by atoms with Crippen molar-refractivity contribution in [2.24, 2.45) is 17.8 Å². The minimum Gasteiger partial charge on any atom is -0.489 e. The summed E-state index contributed by atoms with van der Waals surface area (Å²) in [6.07, 6.45) is 4.79. The summed E-state index contributed by atoms with van der Waals surface area (Å²) < 4.78 is 7.13. The van der Waals surface area contributed by atoms with E-state index < -0.39 is 0 Å². The number of hydrogen-bond donors (Lipinski definition) is 0. The van der Waals surface area contributed by atoms with Gasteiger partial charge in [0.15, 0.2) is 0 Å². The van der Waals surface area contributed by atoms with Crippen LogP contribution in [0.5, 0.6) is 5.75 Å². The van der Waals surface area contributed by atoms with Crippen LogP contribution < -0.4 is 4.74 Å². The maximum absolute atomic E-state index is 10.8. The number of carbonyl (C=O) groups is 1. The number of ether oxygens (including phenoxy) is 1. The lowest BCUT2D eigenvalue weighted by molar-refractivity contribution is 0.0454. The molecule has 20 heavy (non-hydrogen) atoms. The van der Waals surface area contributed by atoms with Gasteiger partial charge in [-0.15, -0.1) is 0 Å². The Labute approximate surface area is 130 Å². The molecule has 3 unspecified atom stereocenters. The van der Waals surface area contributed by atoms with E-state index in [0.29, 0.717) is 17.4 Å². The SMILES string of the molecule is CC1CCC(C(C)C)C(Oc2ccc(C=O)cc2Br)C1. The van der Waals surface area contributed by atoms with E-state index in [-0.39, 0.29) is 6.10 Å². The zero-order chi connectivity index (χ0) is 14.7. The summed E-state index contributed by atoms with van der Waals surface area (Å²) in [6.45, 7) is 6.86. The average molecular weight is 339 g/mol. The molecule has 0 heterocycles. The molecule has 0 aliphatic heterocycles. The summed E-state index contributed by atoms with van der Waals surface area (Å²) in [6, 6.07) is 5.52. The van der Waals surface area contributed by atoms with E-state index in [1.54, 1.807) is 0 Å². The van der Waals surface area contributed by atoms with Crippen molar-refractivity contribution in [3.05, 3.63) is 28.2 Å². The van der Waals surface area contributed by atoms with Crippen LogP contribution in [-0.2, 0) is 0 Å². The van der Waals surface area contributed by atoms with Gasteiger partial charge in [0.25, 0.3) is 0 Å². The van der Waals surface area contributed by atoms with Crippen LogP contribution >= 0.6 is 15.9 Å². The highest BCUT2D eigenvalue weighted by Crippen LogP contribution is 2.37. The quantitative estimate of drug-likeness (QED) is 0.713. The summed E-state index contributed by atoms with van der Waals surface area (Å²) in [5.41, 5.74) is 0.668. The molecule has 0 spiro atoms. The van der Waals surface area contributed by atoms with E-state index >= 15 is 0 Å². The molecular formula is C17H23BrO2. The highest BCUT2D eigenvalue weighted by atomic mass is 79.9. The molecule has 0 aromatic heterocycles. The first-order valence-electron chi connectivity index (χ1n) is 7.42. The molecule has 1 fully saturated rings. The fourth-order valence-electron chi connectivity index (χ4n) is 3.10. The second kappa shape index (κ2) is 6.75. The molecule has 0 bridgehead atoms. The van der Waals surface area contributed by atoms with Gasteiger partial charge in [-0.1, -0.05) is 27.2 Å². The zero-order valence-corrected chi connectivity index (χ0v) is 14.0. The van der Waals surface area contributed by atoms with E-state index in [2.05, 4.69) is 36.7 Å². The van der Waals surface area contributed by atoms with Gasteiger partial charge in [-0.25, -0.2) is 0 Å². The van der Waals surface area contributed by atoms with Gasteiger partial charge in [-0.3, -0.25) is 4.79 Å². The Morgan fingerprint density at radius 3 is 2.70 bits per heavy atom. The molecule has 1 saturated carbocycles. The molecule has 1 aromatic carbocycles. The van der Waals surface area contributed by atoms with Gasteiger partial charge in [0.1, 0.15) is 18.1 Å². The maximum atomic E-state index is 10.8. The Morgan fingerprint density at radius 1 is 1.35 bits per heavy atom. The fraction of sp³-hybridized carbons (Fsp3) is 0.588. The Kier molecular flexibility index (Phi) is 5.25. The lowest BCUT2D eigenvalue weighted by Gasteiger charge is -2.37. The maximum Gasteiger partial charge on any atom is 0.150 e. The summed E-state index contributed by atoms with van der Waals surface area (Å²) in [5, 5.41) is 0. The van der Waals surface area contributed by atoms with Crippen LogP contribution in [0.15, 0.2) is 22.7 Å². The third kappa shape index (κ3) is 3.63. The van der Waals surface area contributed by atoms with Crippen molar-refractivity contribution in [2.45, 2.75) is 46.1 Å². The van der Waals surface area contributed by atoms with E-state index in [0.717, 1.165) is 28.8 Å². The molecule has 0 radical (unpaired) electrons. The van der Waals surface area contributed by atoms with Crippen LogP contribution in [0.4, 0.5) is 0 Å². The first kappa shape index (κ1) is 15.6. The molecule has 0 amide bonds. The lowest BCUT2D eigenvalue weighted by atomic mass is 9.75. The molecule has 110 valence electrons. The standard InChI is InChI=1S/C17H23BrO2/c1-11(2)14-6-4-12(3)8-17(14)20-16-7-5-13(10-19)9-15(16)18/h5,7,9-12,14,17H,4,6,8H2,1-3H3. The smallest absolute Gasteiger partial charge is 0.150 e. The van der Waals surface area contributed by atoms with Crippen LogP contribution in [0.1, 0.15) is 50.4 Å². The molecule has 1 aliphatic rings. The lowest BCUT2D eigenvalue weighted by Crippen LogP contribution is -2.36. The zero-order valence-electron chi connectivity index (χ0n) is 12.4. The monoisotopic (exact) mass is 338 g/mol. The highest BCUT2D eigenvalue weighted by molar-refractivity contribution is 9.10. The molecular weight excluding hydrogens is 316 g/mol. The minimum atomic E-state index is 0.275. The van der Waals surface area contributed by atoms with Crippen molar-refractivity contribution in [1.82, 2.24) is 0 Å². The summed E-state index contributed by atoms with van der Waals surface area (Å²) >= 11 is 3.50. The molecule has 1 aromatic rings. The Bertz CT molecular complexity index is 470. The number of hydrogen-bond acceptors (Lipinski definition) is 2. The van der Waals surface area contributed by atoms with Gasteiger partial charge in [0, 0.05) is 5.56 Å². The Morgan fingerprint density at radius 2 is 2.10 bits per heavy atom. The number of benzene rings is 1. The second-order valence-electron chi connectivity index (χ2n) is 6.29. The van der Waals surface area contributed by atoms with E-state index in [4.69, 9.17) is 4.74 Å².